The first-order chi connectivity index (χ1) is 11.2. The number of hydrogen-bond acceptors (Lipinski definition) is 6. The number of amides is 1. The molecule has 1 aliphatic carbocycles. The van der Waals surface area contributed by atoms with Crippen molar-refractivity contribution >= 4 is 5.91 Å². The molecule has 0 aromatic carbocycles. The van der Waals surface area contributed by atoms with Gasteiger partial charge in [-0.3, -0.25) is 9.78 Å². The minimum absolute atomic E-state index is 0.100. The normalized spacial score (nSPS) is 21.4. The summed E-state index contributed by atoms with van der Waals surface area (Å²) < 4.78 is 5.81. The summed E-state index contributed by atoms with van der Waals surface area (Å²) in [7, 11) is 0. The van der Waals surface area contributed by atoms with Crippen LogP contribution in [0.5, 0.6) is 0 Å². The molecule has 2 aromatic heterocycles. The molecule has 7 nitrogen and oxygen atoms in total. The van der Waals surface area contributed by atoms with Crippen LogP contribution >= 0.6 is 0 Å². The van der Waals surface area contributed by atoms with E-state index in [1.807, 2.05) is 11.8 Å². The van der Waals surface area contributed by atoms with Crippen LogP contribution < -0.4 is 0 Å². The van der Waals surface area contributed by atoms with Gasteiger partial charge in [-0.2, -0.15) is 0 Å². The molecule has 0 bridgehead atoms. The smallest absolute Gasteiger partial charge is 0.267 e. The first-order valence-corrected chi connectivity index (χ1v) is 8.15. The van der Waals surface area contributed by atoms with Gasteiger partial charge in [0, 0.05) is 18.7 Å². The van der Waals surface area contributed by atoms with Crippen molar-refractivity contribution in [2.24, 2.45) is 5.92 Å². The lowest BCUT2D eigenvalue weighted by atomic mass is 10.0. The van der Waals surface area contributed by atoms with Gasteiger partial charge in [-0.1, -0.05) is 0 Å². The topological polar surface area (TPSA) is 85.0 Å². The standard InChI is InChI=1S/C16H19N5O2/c1-10-8-18-12(9-17-10)14-19-20-15(23-14)13-4-2-3-7-21(13)16(22)11-5-6-11/h8-9,11,13H,2-7H2,1H3/t13-/m0/s1. The van der Waals surface area contributed by atoms with Crippen molar-refractivity contribution in [3.05, 3.63) is 24.0 Å². The van der Waals surface area contributed by atoms with Gasteiger partial charge in [-0.25, -0.2) is 4.98 Å². The SMILES string of the molecule is Cc1cnc(-c2nnc([C@@H]3CCCCN3C(=O)C3CC3)o2)cn1. The van der Waals surface area contributed by atoms with Crippen molar-refractivity contribution in [1.29, 1.82) is 0 Å². The number of hydrogen-bond donors (Lipinski definition) is 0. The Morgan fingerprint density at radius 2 is 2.04 bits per heavy atom. The molecule has 2 aromatic rings. The molecule has 120 valence electrons. The number of carbonyl (C=O) groups excluding carboxylic acids is 1. The van der Waals surface area contributed by atoms with Gasteiger partial charge >= 0.3 is 0 Å². The quantitative estimate of drug-likeness (QED) is 0.864. The third kappa shape index (κ3) is 2.83. The fourth-order valence-electron chi connectivity index (χ4n) is 2.99. The molecular formula is C16H19N5O2. The number of aromatic nitrogens is 4. The van der Waals surface area contributed by atoms with E-state index in [4.69, 9.17) is 4.42 Å². The van der Waals surface area contributed by atoms with E-state index in [1.165, 1.54) is 0 Å². The van der Waals surface area contributed by atoms with Crippen LogP contribution in [-0.2, 0) is 4.79 Å². The van der Waals surface area contributed by atoms with Gasteiger partial charge < -0.3 is 9.32 Å². The molecule has 0 unspecified atom stereocenters. The number of likely N-dealkylation sites (tertiary alicyclic amines) is 1. The molecule has 0 radical (unpaired) electrons. The second-order valence-corrected chi connectivity index (χ2v) is 6.31. The number of aryl methyl sites for hydroxylation is 1. The largest absolute Gasteiger partial charge is 0.417 e. The number of piperidine rings is 1. The highest BCUT2D eigenvalue weighted by Gasteiger charge is 2.39. The van der Waals surface area contributed by atoms with E-state index in [1.54, 1.807) is 12.4 Å². The zero-order chi connectivity index (χ0) is 15.8. The van der Waals surface area contributed by atoms with Crippen LogP contribution in [0.15, 0.2) is 16.8 Å². The average molecular weight is 313 g/mol. The first kappa shape index (κ1) is 14.3. The first-order valence-electron chi connectivity index (χ1n) is 8.15. The molecule has 7 heteroatoms. The van der Waals surface area contributed by atoms with Crippen molar-refractivity contribution < 1.29 is 9.21 Å². The number of carbonyl (C=O) groups is 1. The lowest BCUT2D eigenvalue weighted by molar-refractivity contribution is -0.137. The van der Waals surface area contributed by atoms with Gasteiger partial charge in [0.15, 0.2) is 0 Å². The van der Waals surface area contributed by atoms with Gasteiger partial charge in [0.1, 0.15) is 11.7 Å². The van der Waals surface area contributed by atoms with Crippen LogP contribution in [0.1, 0.15) is 49.7 Å². The van der Waals surface area contributed by atoms with Crippen molar-refractivity contribution in [2.45, 2.75) is 45.1 Å². The molecule has 0 spiro atoms. The van der Waals surface area contributed by atoms with E-state index in [0.29, 0.717) is 17.5 Å². The summed E-state index contributed by atoms with van der Waals surface area (Å²) >= 11 is 0. The van der Waals surface area contributed by atoms with Gasteiger partial charge in [0.25, 0.3) is 5.89 Å². The molecule has 3 heterocycles. The Labute approximate surface area is 134 Å². The van der Waals surface area contributed by atoms with Crippen LogP contribution in [0.4, 0.5) is 0 Å². The van der Waals surface area contributed by atoms with Gasteiger partial charge in [0.05, 0.1) is 11.9 Å². The minimum Gasteiger partial charge on any atom is -0.417 e. The summed E-state index contributed by atoms with van der Waals surface area (Å²) in [5.41, 5.74) is 1.40. The zero-order valence-corrected chi connectivity index (χ0v) is 13.1. The molecule has 2 aliphatic rings. The van der Waals surface area contributed by atoms with Crippen molar-refractivity contribution in [2.75, 3.05) is 6.54 Å². The Kier molecular flexibility index (Phi) is 3.55. The maximum Gasteiger partial charge on any atom is 0.267 e. The highest BCUT2D eigenvalue weighted by Crippen LogP contribution is 2.37. The molecule has 2 fully saturated rings. The fourth-order valence-corrected chi connectivity index (χ4v) is 2.99. The second kappa shape index (κ2) is 5.72. The summed E-state index contributed by atoms with van der Waals surface area (Å²) in [6.45, 7) is 2.65. The van der Waals surface area contributed by atoms with Gasteiger partial charge in [-0.05, 0) is 39.0 Å². The second-order valence-electron chi connectivity index (χ2n) is 6.31. The Balaban J connectivity index is 1.58. The Morgan fingerprint density at radius 1 is 1.17 bits per heavy atom. The molecular weight excluding hydrogens is 294 g/mol. The Morgan fingerprint density at radius 3 is 2.78 bits per heavy atom. The van der Waals surface area contributed by atoms with E-state index in [9.17, 15) is 4.79 Å². The monoisotopic (exact) mass is 313 g/mol. The molecule has 1 aliphatic heterocycles. The number of nitrogens with zero attached hydrogens (tertiary/aromatic N) is 5. The van der Waals surface area contributed by atoms with Crippen LogP contribution in [0.25, 0.3) is 11.6 Å². The Bertz CT molecular complexity index is 708. The molecule has 4 rings (SSSR count). The van der Waals surface area contributed by atoms with E-state index in [2.05, 4.69) is 20.2 Å². The van der Waals surface area contributed by atoms with Gasteiger partial charge in [0.2, 0.25) is 11.8 Å². The van der Waals surface area contributed by atoms with E-state index in [-0.39, 0.29) is 17.9 Å². The lowest BCUT2D eigenvalue weighted by Crippen LogP contribution is -2.39. The summed E-state index contributed by atoms with van der Waals surface area (Å²) in [6.07, 6.45) is 8.30. The maximum absolute atomic E-state index is 12.5. The summed E-state index contributed by atoms with van der Waals surface area (Å²) in [5.74, 6) is 1.32. The zero-order valence-electron chi connectivity index (χ0n) is 13.1. The lowest BCUT2D eigenvalue weighted by Gasteiger charge is -2.33. The van der Waals surface area contributed by atoms with Crippen LogP contribution in [0.3, 0.4) is 0 Å². The minimum atomic E-state index is -0.100. The highest BCUT2D eigenvalue weighted by molar-refractivity contribution is 5.81. The van der Waals surface area contributed by atoms with E-state index >= 15 is 0 Å². The van der Waals surface area contributed by atoms with Crippen LogP contribution in [0.2, 0.25) is 0 Å². The molecule has 23 heavy (non-hydrogen) atoms. The molecule has 1 atom stereocenters. The number of rotatable bonds is 3. The predicted molar refractivity (Wildman–Crippen MR) is 81.1 cm³/mol. The Hall–Kier alpha value is -2.31. The molecule has 1 amide bonds. The van der Waals surface area contributed by atoms with E-state index < -0.39 is 0 Å². The van der Waals surface area contributed by atoms with Crippen molar-refractivity contribution in [3.63, 3.8) is 0 Å². The molecule has 1 saturated carbocycles. The van der Waals surface area contributed by atoms with Crippen LogP contribution in [0, 0.1) is 12.8 Å². The molecule has 0 N–H and O–H groups in total. The third-order valence-electron chi connectivity index (χ3n) is 4.44. The summed E-state index contributed by atoms with van der Waals surface area (Å²) in [5, 5.41) is 8.26. The van der Waals surface area contributed by atoms with Crippen molar-refractivity contribution in [1.82, 2.24) is 25.1 Å². The summed E-state index contributed by atoms with van der Waals surface area (Å²) in [6, 6.07) is -0.100. The van der Waals surface area contributed by atoms with E-state index in [0.717, 1.165) is 44.3 Å². The predicted octanol–water partition coefficient (Wildman–Crippen LogP) is 2.30. The average Bonchev–Trinajstić information content (AvgIpc) is 3.32. The fraction of sp³-hybridized carbons (Fsp3) is 0.562. The third-order valence-corrected chi connectivity index (χ3v) is 4.44. The van der Waals surface area contributed by atoms with Crippen molar-refractivity contribution in [3.8, 4) is 11.6 Å². The summed E-state index contributed by atoms with van der Waals surface area (Å²) in [4.78, 5) is 22.9. The highest BCUT2D eigenvalue weighted by atomic mass is 16.4. The molecule has 1 saturated heterocycles. The van der Waals surface area contributed by atoms with Crippen LogP contribution in [-0.4, -0.2) is 37.5 Å². The van der Waals surface area contributed by atoms with Gasteiger partial charge in [-0.15, -0.1) is 10.2 Å². The maximum atomic E-state index is 12.5.